The van der Waals surface area contributed by atoms with E-state index in [1.54, 1.807) is 0 Å². The molecule has 2 N–H and O–H groups in total. The highest BCUT2D eigenvalue weighted by molar-refractivity contribution is 5.44. The molecular weight excluding hydrogens is 210 g/mol. The quantitative estimate of drug-likeness (QED) is 0.818. The standard InChI is InChI=1S/C15H23NO/c17-11-10-13-6-8-15(9-7-13)16-12-14-4-2-1-3-5-14/h6-9,14,16-17H,1-5,10-12H2. The number of aliphatic hydroxyl groups is 1. The summed E-state index contributed by atoms with van der Waals surface area (Å²) in [4.78, 5) is 0. The lowest BCUT2D eigenvalue weighted by Gasteiger charge is -2.22. The lowest BCUT2D eigenvalue weighted by molar-refractivity contribution is 0.299. The molecule has 0 aromatic heterocycles. The highest BCUT2D eigenvalue weighted by atomic mass is 16.2. The van der Waals surface area contributed by atoms with Crippen LogP contribution >= 0.6 is 0 Å². The van der Waals surface area contributed by atoms with Gasteiger partial charge in [0.1, 0.15) is 0 Å². The molecule has 2 heteroatoms. The topological polar surface area (TPSA) is 32.3 Å². The molecule has 0 aliphatic heterocycles. The van der Waals surface area contributed by atoms with Crippen LogP contribution in [0.25, 0.3) is 0 Å². The Morgan fingerprint density at radius 3 is 2.41 bits per heavy atom. The zero-order chi connectivity index (χ0) is 11.9. The first-order valence-electron chi connectivity index (χ1n) is 6.82. The molecule has 2 rings (SSSR count). The summed E-state index contributed by atoms with van der Waals surface area (Å²) in [6.45, 7) is 1.34. The van der Waals surface area contributed by atoms with Crippen molar-refractivity contribution < 1.29 is 5.11 Å². The van der Waals surface area contributed by atoms with Crippen molar-refractivity contribution in [1.29, 1.82) is 0 Å². The molecule has 0 heterocycles. The van der Waals surface area contributed by atoms with Gasteiger partial charge in [0.05, 0.1) is 0 Å². The fourth-order valence-electron chi connectivity index (χ4n) is 2.57. The monoisotopic (exact) mass is 233 g/mol. The number of nitrogens with one attached hydrogen (secondary N) is 1. The zero-order valence-corrected chi connectivity index (χ0v) is 10.5. The third-order valence-electron chi connectivity index (χ3n) is 3.67. The lowest BCUT2D eigenvalue weighted by Crippen LogP contribution is -2.17. The molecule has 0 unspecified atom stereocenters. The third kappa shape index (κ3) is 4.04. The summed E-state index contributed by atoms with van der Waals surface area (Å²) in [7, 11) is 0. The Kier molecular flexibility index (Phi) is 4.87. The first-order chi connectivity index (χ1) is 8.38. The largest absolute Gasteiger partial charge is 0.396 e. The summed E-state index contributed by atoms with van der Waals surface area (Å²) >= 11 is 0. The number of aliphatic hydroxyl groups excluding tert-OH is 1. The first-order valence-corrected chi connectivity index (χ1v) is 6.82. The van der Waals surface area contributed by atoms with Crippen molar-refractivity contribution in [3.63, 3.8) is 0 Å². The lowest BCUT2D eigenvalue weighted by atomic mass is 9.89. The van der Waals surface area contributed by atoms with E-state index in [0.717, 1.165) is 18.9 Å². The highest BCUT2D eigenvalue weighted by Gasteiger charge is 2.12. The van der Waals surface area contributed by atoms with Gasteiger partial charge < -0.3 is 10.4 Å². The Bertz CT molecular complexity index is 314. The van der Waals surface area contributed by atoms with Crippen molar-refractivity contribution in [1.82, 2.24) is 0 Å². The summed E-state index contributed by atoms with van der Waals surface area (Å²) in [6, 6.07) is 8.43. The van der Waals surface area contributed by atoms with Gasteiger partial charge in [-0.05, 0) is 42.9 Å². The van der Waals surface area contributed by atoms with E-state index in [1.807, 2.05) is 0 Å². The van der Waals surface area contributed by atoms with Crippen LogP contribution in [-0.4, -0.2) is 18.3 Å². The normalized spacial score (nSPS) is 17.0. The van der Waals surface area contributed by atoms with Gasteiger partial charge in [-0.1, -0.05) is 31.4 Å². The van der Waals surface area contributed by atoms with Crippen LogP contribution in [0, 0.1) is 5.92 Å². The molecule has 1 aliphatic rings. The van der Waals surface area contributed by atoms with Gasteiger partial charge in [-0.2, -0.15) is 0 Å². The molecule has 2 nitrogen and oxygen atoms in total. The predicted molar refractivity (Wildman–Crippen MR) is 72.3 cm³/mol. The fourth-order valence-corrected chi connectivity index (χ4v) is 2.57. The predicted octanol–water partition coefficient (Wildman–Crippen LogP) is 3.21. The van der Waals surface area contributed by atoms with Crippen LogP contribution in [-0.2, 0) is 6.42 Å². The van der Waals surface area contributed by atoms with Crippen LogP contribution in [0.2, 0.25) is 0 Å². The molecule has 0 radical (unpaired) electrons. The van der Waals surface area contributed by atoms with E-state index in [2.05, 4.69) is 29.6 Å². The van der Waals surface area contributed by atoms with E-state index in [9.17, 15) is 0 Å². The van der Waals surface area contributed by atoms with Crippen molar-refractivity contribution in [2.75, 3.05) is 18.5 Å². The summed E-state index contributed by atoms with van der Waals surface area (Å²) in [5.74, 6) is 0.862. The van der Waals surface area contributed by atoms with Crippen molar-refractivity contribution in [2.24, 2.45) is 5.92 Å². The molecular formula is C15H23NO. The molecule has 0 saturated heterocycles. The van der Waals surface area contributed by atoms with Crippen molar-refractivity contribution in [3.05, 3.63) is 29.8 Å². The Hall–Kier alpha value is -1.02. The first kappa shape index (κ1) is 12.4. The summed E-state index contributed by atoms with van der Waals surface area (Å²) < 4.78 is 0. The van der Waals surface area contributed by atoms with E-state index in [1.165, 1.54) is 43.4 Å². The molecule has 0 atom stereocenters. The number of rotatable bonds is 5. The highest BCUT2D eigenvalue weighted by Crippen LogP contribution is 2.24. The van der Waals surface area contributed by atoms with Crippen molar-refractivity contribution in [3.8, 4) is 0 Å². The number of hydrogen-bond acceptors (Lipinski definition) is 2. The molecule has 0 amide bonds. The molecule has 1 aromatic rings. The van der Waals surface area contributed by atoms with Gasteiger partial charge in [-0.3, -0.25) is 0 Å². The molecule has 1 saturated carbocycles. The Labute approximate surface area is 104 Å². The molecule has 1 aliphatic carbocycles. The molecule has 0 spiro atoms. The van der Waals surface area contributed by atoms with Crippen molar-refractivity contribution in [2.45, 2.75) is 38.5 Å². The zero-order valence-electron chi connectivity index (χ0n) is 10.5. The van der Waals surface area contributed by atoms with E-state index in [-0.39, 0.29) is 6.61 Å². The summed E-state index contributed by atoms with van der Waals surface area (Å²) in [6.07, 6.45) is 7.75. The van der Waals surface area contributed by atoms with Gasteiger partial charge in [0.2, 0.25) is 0 Å². The number of hydrogen-bond donors (Lipinski definition) is 2. The minimum absolute atomic E-state index is 0.231. The Morgan fingerprint density at radius 1 is 1.06 bits per heavy atom. The SMILES string of the molecule is OCCc1ccc(NCC2CCCCC2)cc1. The second kappa shape index (κ2) is 6.65. The van der Waals surface area contributed by atoms with Gasteiger partial charge in [0.15, 0.2) is 0 Å². The number of anilines is 1. The average molecular weight is 233 g/mol. The molecule has 1 fully saturated rings. The maximum absolute atomic E-state index is 8.85. The molecule has 0 bridgehead atoms. The van der Waals surface area contributed by atoms with Gasteiger partial charge in [-0.25, -0.2) is 0 Å². The van der Waals surface area contributed by atoms with Crippen LogP contribution in [0.5, 0.6) is 0 Å². The summed E-state index contributed by atoms with van der Waals surface area (Å²) in [5, 5.41) is 12.4. The van der Waals surface area contributed by atoms with E-state index in [0.29, 0.717) is 0 Å². The second-order valence-electron chi connectivity index (χ2n) is 5.06. The van der Waals surface area contributed by atoms with Crippen molar-refractivity contribution >= 4 is 5.69 Å². The Morgan fingerprint density at radius 2 is 1.76 bits per heavy atom. The summed E-state index contributed by atoms with van der Waals surface area (Å²) in [5.41, 5.74) is 2.41. The van der Waals surface area contributed by atoms with Gasteiger partial charge >= 0.3 is 0 Å². The third-order valence-corrected chi connectivity index (χ3v) is 3.67. The minimum atomic E-state index is 0.231. The smallest absolute Gasteiger partial charge is 0.0471 e. The second-order valence-corrected chi connectivity index (χ2v) is 5.06. The van der Waals surface area contributed by atoms with Crippen LogP contribution in [0.15, 0.2) is 24.3 Å². The van der Waals surface area contributed by atoms with Gasteiger partial charge in [0.25, 0.3) is 0 Å². The molecule has 94 valence electrons. The average Bonchev–Trinajstić information content (AvgIpc) is 2.40. The maximum Gasteiger partial charge on any atom is 0.0471 e. The molecule has 17 heavy (non-hydrogen) atoms. The van der Waals surface area contributed by atoms with Crippen LogP contribution in [0.4, 0.5) is 5.69 Å². The maximum atomic E-state index is 8.85. The molecule has 1 aromatic carbocycles. The van der Waals surface area contributed by atoms with E-state index < -0.39 is 0 Å². The number of benzene rings is 1. The van der Waals surface area contributed by atoms with E-state index >= 15 is 0 Å². The van der Waals surface area contributed by atoms with Crippen LogP contribution in [0.1, 0.15) is 37.7 Å². The fraction of sp³-hybridized carbons (Fsp3) is 0.600. The van der Waals surface area contributed by atoms with E-state index in [4.69, 9.17) is 5.11 Å². The Balaban J connectivity index is 1.77. The van der Waals surface area contributed by atoms with Gasteiger partial charge in [0, 0.05) is 18.8 Å². The van der Waals surface area contributed by atoms with Gasteiger partial charge in [-0.15, -0.1) is 0 Å². The van der Waals surface area contributed by atoms with Crippen LogP contribution in [0.3, 0.4) is 0 Å². The van der Waals surface area contributed by atoms with Crippen LogP contribution < -0.4 is 5.32 Å². The minimum Gasteiger partial charge on any atom is -0.396 e.